The maximum atomic E-state index is 12.6. The molecule has 3 rings (SSSR count). The molecule has 0 amide bonds. The molecule has 1 fully saturated rings. The summed E-state index contributed by atoms with van der Waals surface area (Å²) in [5.41, 5.74) is 9.56. The molecular formula is C21H25N3O3. The van der Waals surface area contributed by atoms with Crippen LogP contribution in [0.25, 0.3) is 0 Å². The average molecular weight is 367 g/mol. The fourth-order valence-corrected chi connectivity index (χ4v) is 3.82. The lowest BCUT2D eigenvalue weighted by molar-refractivity contribution is -0.139. The lowest BCUT2D eigenvalue weighted by atomic mass is 9.81. The van der Waals surface area contributed by atoms with Crippen LogP contribution in [0.15, 0.2) is 41.0 Å². The number of ether oxygens (including phenoxy) is 2. The summed E-state index contributed by atoms with van der Waals surface area (Å²) in [5.74, 6) is -0.660. The van der Waals surface area contributed by atoms with Crippen LogP contribution in [-0.2, 0) is 14.3 Å². The molecule has 2 heterocycles. The van der Waals surface area contributed by atoms with Gasteiger partial charge in [0.05, 0.1) is 18.1 Å². The van der Waals surface area contributed by atoms with Crippen molar-refractivity contribution >= 4 is 11.7 Å². The van der Waals surface area contributed by atoms with E-state index in [1.165, 1.54) is 12.8 Å². The van der Waals surface area contributed by atoms with Gasteiger partial charge in [-0.1, -0.05) is 6.07 Å². The van der Waals surface area contributed by atoms with Gasteiger partial charge in [0.2, 0.25) is 5.88 Å². The fraction of sp³-hybridized carbons (Fsp3) is 0.429. The van der Waals surface area contributed by atoms with E-state index in [0.29, 0.717) is 11.3 Å². The summed E-state index contributed by atoms with van der Waals surface area (Å²) in [4.78, 5) is 15.0. The van der Waals surface area contributed by atoms with Crippen LogP contribution in [0.2, 0.25) is 0 Å². The molecule has 0 aromatic heterocycles. The molecule has 142 valence electrons. The third-order valence-corrected chi connectivity index (χ3v) is 5.14. The SMILES string of the molecule is CCOC(=O)C1=C(C)OC(N)=C(C#N)C1c1ccc(N2CCCC2)cc1C. The molecule has 0 aliphatic carbocycles. The Hall–Kier alpha value is -2.94. The highest BCUT2D eigenvalue weighted by molar-refractivity contribution is 5.92. The van der Waals surface area contributed by atoms with E-state index in [1.54, 1.807) is 13.8 Å². The summed E-state index contributed by atoms with van der Waals surface area (Å²) < 4.78 is 10.7. The molecule has 0 bridgehead atoms. The van der Waals surface area contributed by atoms with Crippen molar-refractivity contribution in [2.24, 2.45) is 5.73 Å². The molecule has 2 aliphatic heterocycles. The molecule has 6 heteroatoms. The maximum absolute atomic E-state index is 12.6. The minimum atomic E-state index is -0.588. The third kappa shape index (κ3) is 3.50. The highest BCUT2D eigenvalue weighted by atomic mass is 16.5. The van der Waals surface area contributed by atoms with Crippen LogP contribution in [0.5, 0.6) is 0 Å². The average Bonchev–Trinajstić information content (AvgIpc) is 3.16. The zero-order valence-electron chi connectivity index (χ0n) is 16.0. The Kier molecular flexibility index (Phi) is 5.41. The first-order valence-corrected chi connectivity index (χ1v) is 9.28. The van der Waals surface area contributed by atoms with Crippen LogP contribution in [0.4, 0.5) is 5.69 Å². The molecule has 1 aromatic carbocycles. The third-order valence-electron chi connectivity index (χ3n) is 5.14. The Morgan fingerprint density at radius 2 is 2.07 bits per heavy atom. The van der Waals surface area contributed by atoms with Gasteiger partial charge in [-0.15, -0.1) is 0 Å². The Morgan fingerprint density at radius 3 is 2.67 bits per heavy atom. The van der Waals surface area contributed by atoms with Crippen LogP contribution in [0, 0.1) is 18.3 Å². The summed E-state index contributed by atoms with van der Waals surface area (Å²) in [7, 11) is 0. The highest BCUT2D eigenvalue weighted by Gasteiger charge is 2.37. The van der Waals surface area contributed by atoms with E-state index >= 15 is 0 Å². The zero-order chi connectivity index (χ0) is 19.6. The van der Waals surface area contributed by atoms with Crippen molar-refractivity contribution in [3.05, 3.63) is 52.1 Å². The number of nitriles is 1. The highest BCUT2D eigenvalue weighted by Crippen LogP contribution is 2.41. The monoisotopic (exact) mass is 367 g/mol. The van der Waals surface area contributed by atoms with E-state index < -0.39 is 11.9 Å². The van der Waals surface area contributed by atoms with Crippen molar-refractivity contribution in [1.82, 2.24) is 0 Å². The first-order valence-electron chi connectivity index (χ1n) is 9.28. The number of nitrogens with zero attached hydrogens (tertiary/aromatic N) is 2. The minimum absolute atomic E-state index is 0.0380. The Bertz CT molecular complexity index is 858. The number of esters is 1. The van der Waals surface area contributed by atoms with Crippen molar-refractivity contribution in [3.63, 3.8) is 0 Å². The number of nitrogens with two attached hydrogens (primary N) is 1. The van der Waals surface area contributed by atoms with Gasteiger partial charge < -0.3 is 20.1 Å². The summed E-state index contributed by atoms with van der Waals surface area (Å²) in [6.07, 6.45) is 2.40. The van der Waals surface area contributed by atoms with E-state index in [-0.39, 0.29) is 18.1 Å². The van der Waals surface area contributed by atoms with Crippen molar-refractivity contribution < 1.29 is 14.3 Å². The largest absolute Gasteiger partial charge is 0.463 e. The summed E-state index contributed by atoms with van der Waals surface area (Å²) in [6, 6.07) is 8.26. The first kappa shape index (κ1) is 18.8. The van der Waals surface area contributed by atoms with Gasteiger partial charge in [0.25, 0.3) is 0 Å². The van der Waals surface area contributed by atoms with Gasteiger partial charge in [-0.25, -0.2) is 4.79 Å². The number of benzene rings is 1. The summed E-state index contributed by atoms with van der Waals surface area (Å²) in [5, 5.41) is 9.68. The van der Waals surface area contributed by atoms with E-state index in [0.717, 1.165) is 29.9 Å². The molecular weight excluding hydrogens is 342 g/mol. The summed E-state index contributed by atoms with van der Waals surface area (Å²) in [6.45, 7) is 7.77. The number of rotatable bonds is 4. The molecule has 6 nitrogen and oxygen atoms in total. The van der Waals surface area contributed by atoms with Crippen molar-refractivity contribution in [3.8, 4) is 6.07 Å². The van der Waals surface area contributed by atoms with Crippen LogP contribution in [-0.4, -0.2) is 25.7 Å². The van der Waals surface area contributed by atoms with E-state index in [9.17, 15) is 10.1 Å². The fourth-order valence-electron chi connectivity index (χ4n) is 3.82. The Balaban J connectivity index is 2.08. The zero-order valence-corrected chi connectivity index (χ0v) is 16.0. The van der Waals surface area contributed by atoms with Crippen LogP contribution < -0.4 is 10.6 Å². The number of anilines is 1. The lowest BCUT2D eigenvalue weighted by Crippen LogP contribution is -2.26. The maximum Gasteiger partial charge on any atom is 0.338 e. The molecule has 0 radical (unpaired) electrons. The van der Waals surface area contributed by atoms with Gasteiger partial charge in [-0.2, -0.15) is 5.26 Å². The van der Waals surface area contributed by atoms with Gasteiger partial charge in [-0.3, -0.25) is 0 Å². The molecule has 0 spiro atoms. The molecule has 0 saturated carbocycles. The van der Waals surface area contributed by atoms with E-state index in [2.05, 4.69) is 17.0 Å². The topological polar surface area (TPSA) is 88.6 Å². The second-order valence-corrected chi connectivity index (χ2v) is 6.85. The van der Waals surface area contributed by atoms with Gasteiger partial charge >= 0.3 is 5.97 Å². The Labute approximate surface area is 159 Å². The second kappa shape index (κ2) is 7.75. The number of carbonyl (C=O) groups excluding carboxylic acids is 1. The number of hydrogen-bond donors (Lipinski definition) is 1. The molecule has 27 heavy (non-hydrogen) atoms. The standard InChI is InChI=1S/C21H25N3O3/c1-4-26-21(25)18-14(3)27-20(23)17(12-22)19(18)16-8-7-15(11-13(16)2)24-9-5-6-10-24/h7-8,11,19H,4-6,9-10,23H2,1-3H3. The lowest BCUT2D eigenvalue weighted by Gasteiger charge is -2.28. The molecule has 1 saturated heterocycles. The predicted octanol–water partition coefficient (Wildman–Crippen LogP) is 3.24. The van der Waals surface area contributed by atoms with Crippen molar-refractivity contribution in [1.29, 1.82) is 5.26 Å². The number of allylic oxidation sites excluding steroid dienone is 2. The van der Waals surface area contributed by atoms with Crippen LogP contribution in [0.1, 0.15) is 43.7 Å². The van der Waals surface area contributed by atoms with Gasteiger partial charge in [-0.05, 0) is 56.9 Å². The quantitative estimate of drug-likeness (QED) is 0.822. The normalized spacial score (nSPS) is 19.8. The van der Waals surface area contributed by atoms with E-state index in [4.69, 9.17) is 15.2 Å². The molecule has 1 aromatic rings. The smallest absolute Gasteiger partial charge is 0.338 e. The number of hydrogen-bond acceptors (Lipinski definition) is 6. The molecule has 1 atom stereocenters. The summed E-state index contributed by atoms with van der Waals surface area (Å²) >= 11 is 0. The van der Waals surface area contributed by atoms with Crippen LogP contribution >= 0.6 is 0 Å². The van der Waals surface area contributed by atoms with Gasteiger partial charge in [0.1, 0.15) is 17.4 Å². The predicted molar refractivity (Wildman–Crippen MR) is 103 cm³/mol. The Morgan fingerprint density at radius 1 is 1.37 bits per heavy atom. The minimum Gasteiger partial charge on any atom is -0.463 e. The number of aryl methyl sites for hydroxylation is 1. The van der Waals surface area contributed by atoms with Crippen molar-refractivity contribution in [2.45, 2.75) is 39.5 Å². The van der Waals surface area contributed by atoms with Gasteiger partial charge in [0, 0.05) is 18.8 Å². The number of carbonyl (C=O) groups is 1. The van der Waals surface area contributed by atoms with E-state index in [1.807, 2.05) is 19.1 Å². The van der Waals surface area contributed by atoms with Gasteiger partial charge in [0.15, 0.2) is 0 Å². The molecule has 1 unspecified atom stereocenters. The van der Waals surface area contributed by atoms with Crippen molar-refractivity contribution in [2.75, 3.05) is 24.6 Å². The molecule has 2 aliphatic rings. The molecule has 2 N–H and O–H groups in total. The van der Waals surface area contributed by atoms with Crippen LogP contribution in [0.3, 0.4) is 0 Å². The second-order valence-electron chi connectivity index (χ2n) is 6.85. The first-order chi connectivity index (χ1) is 13.0.